The van der Waals surface area contributed by atoms with E-state index in [1.165, 1.54) is 25.3 Å². The van der Waals surface area contributed by atoms with Gasteiger partial charge in [0.15, 0.2) is 0 Å². The predicted octanol–water partition coefficient (Wildman–Crippen LogP) is 4.54. The Morgan fingerprint density at radius 2 is 1.59 bits per heavy atom. The molecule has 0 spiro atoms. The molecule has 0 radical (unpaired) electrons. The molecule has 0 fully saturated rings. The first-order valence-electron chi connectivity index (χ1n) is 7.77. The average Bonchev–Trinajstić information content (AvgIpc) is 2.49. The van der Waals surface area contributed by atoms with Gasteiger partial charge < -0.3 is 10.2 Å². The second-order valence-electron chi connectivity index (χ2n) is 5.40. The van der Waals surface area contributed by atoms with E-state index in [9.17, 15) is 14.7 Å². The second kappa shape index (κ2) is 9.77. The van der Waals surface area contributed by atoms with Crippen LogP contribution in [0.4, 0.5) is 0 Å². The number of aromatic carboxylic acids is 2. The summed E-state index contributed by atoms with van der Waals surface area (Å²) in [7, 11) is 0. The SMILES string of the molecule is C=CCCCCCCCCc1cccc(C(=O)O)c1C(=O)O. The fraction of sp³-hybridized carbons (Fsp3) is 0.444. The van der Waals surface area contributed by atoms with Gasteiger partial charge in [-0.3, -0.25) is 0 Å². The molecule has 0 aliphatic carbocycles. The smallest absolute Gasteiger partial charge is 0.336 e. The zero-order valence-electron chi connectivity index (χ0n) is 12.9. The first kappa shape index (κ1) is 18.0. The van der Waals surface area contributed by atoms with Gasteiger partial charge in [-0.15, -0.1) is 6.58 Å². The molecule has 0 amide bonds. The minimum absolute atomic E-state index is 0.0685. The lowest BCUT2D eigenvalue weighted by molar-refractivity contribution is 0.0650. The Balaban J connectivity index is 2.49. The van der Waals surface area contributed by atoms with Crippen LogP contribution >= 0.6 is 0 Å². The number of rotatable bonds is 11. The first-order chi connectivity index (χ1) is 10.6. The third-order valence-corrected chi connectivity index (χ3v) is 3.70. The van der Waals surface area contributed by atoms with Crippen molar-refractivity contribution in [1.29, 1.82) is 0 Å². The fourth-order valence-electron chi connectivity index (χ4n) is 2.55. The Bertz CT molecular complexity index is 520. The Morgan fingerprint density at radius 3 is 2.18 bits per heavy atom. The van der Waals surface area contributed by atoms with Crippen LogP contribution in [0, 0.1) is 0 Å². The van der Waals surface area contributed by atoms with Gasteiger partial charge >= 0.3 is 11.9 Å². The van der Waals surface area contributed by atoms with Gasteiger partial charge in [0.25, 0.3) is 0 Å². The van der Waals surface area contributed by atoms with Crippen molar-refractivity contribution in [3.8, 4) is 0 Å². The summed E-state index contributed by atoms with van der Waals surface area (Å²) in [6, 6.07) is 4.66. The van der Waals surface area contributed by atoms with Gasteiger partial charge in [0, 0.05) is 0 Å². The van der Waals surface area contributed by atoms with Crippen LogP contribution in [0.1, 0.15) is 71.2 Å². The van der Waals surface area contributed by atoms with E-state index in [-0.39, 0.29) is 11.1 Å². The van der Waals surface area contributed by atoms with E-state index in [0.29, 0.717) is 12.0 Å². The molecule has 0 heterocycles. The molecule has 120 valence electrons. The molecule has 1 aromatic carbocycles. The maximum Gasteiger partial charge on any atom is 0.336 e. The highest BCUT2D eigenvalue weighted by molar-refractivity contribution is 6.02. The van der Waals surface area contributed by atoms with E-state index in [2.05, 4.69) is 6.58 Å². The van der Waals surface area contributed by atoms with Gasteiger partial charge in [-0.2, -0.15) is 0 Å². The Kier molecular flexibility index (Phi) is 7.97. The monoisotopic (exact) mass is 304 g/mol. The summed E-state index contributed by atoms with van der Waals surface area (Å²) in [5.41, 5.74) is 0.412. The van der Waals surface area contributed by atoms with Crippen LogP contribution in [0.2, 0.25) is 0 Å². The molecule has 22 heavy (non-hydrogen) atoms. The standard InChI is InChI=1S/C18H24O4/c1-2-3-4-5-6-7-8-9-11-14-12-10-13-15(17(19)20)16(14)18(21)22/h2,10,12-13H,1,3-9,11H2,(H,19,20)(H,21,22). The van der Waals surface area contributed by atoms with Crippen molar-refractivity contribution in [2.75, 3.05) is 0 Å². The number of hydrogen-bond donors (Lipinski definition) is 2. The van der Waals surface area contributed by atoms with Crippen LogP contribution in [-0.4, -0.2) is 22.2 Å². The third-order valence-electron chi connectivity index (χ3n) is 3.70. The maximum atomic E-state index is 11.3. The van der Waals surface area contributed by atoms with Crippen LogP contribution in [0.5, 0.6) is 0 Å². The van der Waals surface area contributed by atoms with Crippen molar-refractivity contribution < 1.29 is 19.8 Å². The van der Waals surface area contributed by atoms with Gasteiger partial charge in [0.1, 0.15) is 0 Å². The number of carboxylic acid groups (broad SMARTS) is 2. The van der Waals surface area contributed by atoms with Crippen molar-refractivity contribution in [3.63, 3.8) is 0 Å². The summed E-state index contributed by atoms with van der Waals surface area (Å²) >= 11 is 0. The molecule has 0 aromatic heterocycles. The zero-order chi connectivity index (χ0) is 16.4. The molecule has 0 atom stereocenters. The molecule has 0 aliphatic rings. The number of benzene rings is 1. The highest BCUT2D eigenvalue weighted by Gasteiger charge is 2.19. The maximum absolute atomic E-state index is 11.3. The quantitative estimate of drug-likeness (QED) is 0.465. The number of unbranched alkanes of at least 4 members (excludes halogenated alkanes) is 6. The largest absolute Gasteiger partial charge is 0.478 e. The average molecular weight is 304 g/mol. The molecule has 0 saturated carbocycles. The molecule has 0 unspecified atom stereocenters. The minimum atomic E-state index is -1.19. The second-order valence-corrected chi connectivity index (χ2v) is 5.40. The molecular formula is C18H24O4. The van der Waals surface area contributed by atoms with Gasteiger partial charge in [0.05, 0.1) is 11.1 Å². The summed E-state index contributed by atoms with van der Waals surface area (Å²) in [5.74, 6) is -2.36. The van der Waals surface area contributed by atoms with Crippen molar-refractivity contribution in [1.82, 2.24) is 0 Å². The molecule has 4 nitrogen and oxygen atoms in total. The van der Waals surface area contributed by atoms with Gasteiger partial charge in [-0.25, -0.2) is 9.59 Å². The van der Waals surface area contributed by atoms with Gasteiger partial charge in [-0.1, -0.05) is 43.9 Å². The van der Waals surface area contributed by atoms with E-state index in [4.69, 9.17) is 5.11 Å². The van der Waals surface area contributed by atoms with Crippen LogP contribution in [0.3, 0.4) is 0 Å². The lowest BCUT2D eigenvalue weighted by Crippen LogP contribution is -2.11. The molecule has 1 rings (SSSR count). The van der Waals surface area contributed by atoms with Crippen molar-refractivity contribution in [2.45, 2.75) is 51.4 Å². The van der Waals surface area contributed by atoms with E-state index < -0.39 is 11.9 Å². The summed E-state index contributed by atoms with van der Waals surface area (Å²) in [6.45, 7) is 3.69. The zero-order valence-corrected chi connectivity index (χ0v) is 12.9. The minimum Gasteiger partial charge on any atom is -0.478 e. The highest BCUT2D eigenvalue weighted by atomic mass is 16.4. The third kappa shape index (κ3) is 5.72. The first-order valence-corrected chi connectivity index (χ1v) is 7.77. The number of allylic oxidation sites excluding steroid dienone is 1. The van der Waals surface area contributed by atoms with Crippen molar-refractivity contribution in [3.05, 3.63) is 47.5 Å². The lowest BCUT2D eigenvalue weighted by atomic mass is 9.96. The van der Waals surface area contributed by atoms with Crippen LogP contribution in [-0.2, 0) is 6.42 Å². The van der Waals surface area contributed by atoms with Crippen LogP contribution < -0.4 is 0 Å². The fourth-order valence-corrected chi connectivity index (χ4v) is 2.55. The molecule has 2 N–H and O–H groups in total. The topological polar surface area (TPSA) is 74.6 Å². The summed E-state index contributed by atoms with van der Waals surface area (Å²) < 4.78 is 0. The number of carbonyl (C=O) groups is 2. The number of aryl methyl sites for hydroxylation is 1. The van der Waals surface area contributed by atoms with E-state index >= 15 is 0 Å². The van der Waals surface area contributed by atoms with E-state index in [0.717, 1.165) is 25.7 Å². The summed E-state index contributed by atoms with van der Waals surface area (Å²) in [4.78, 5) is 22.4. The highest BCUT2D eigenvalue weighted by Crippen LogP contribution is 2.18. The van der Waals surface area contributed by atoms with Crippen molar-refractivity contribution in [2.24, 2.45) is 0 Å². The van der Waals surface area contributed by atoms with Gasteiger partial charge in [0.2, 0.25) is 0 Å². The molecular weight excluding hydrogens is 280 g/mol. The van der Waals surface area contributed by atoms with Crippen LogP contribution in [0.15, 0.2) is 30.9 Å². The summed E-state index contributed by atoms with van der Waals surface area (Å²) in [5, 5.41) is 18.3. The Morgan fingerprint density at radius 1 is 0.955 bits per heavy atom. The normalized spacial score (nSPS) is 10.4. The molecule has 1 aromatic rings. The van der Waals surface area contributed by atoms with E-state index in [1.807, 2.05) is 6.08 Å². The molecule has 0 saturated heterocycles. The lowest BCUT2D eigenvalue weighted by Gasteiger charge is -2.09. The van der Waals surface area contributed by atoms with Crippen LogP contribution in [0.25, 0.3) is 0 Å². The van der Waals surface area contributed by atoms with Gasteiger partial charge in [-0.05, 0) is 37.3 Å². The molecule has 0 aliphatic heterocycles. The van der Waals surface area contributed by atoms with E-state index in [1.54, 1.807) is 12.1 Å². The Labute approximate surface area is 131 Å². The predicted molar refractivity (Wildman–Crippen MR) is 86.6 cm³/mol. The Hall–Kier alpha value is -2.10. The van der Waals surface area contributed by atoms with Crippen molar-refractivity contribution >= 4 is 11.9 Å². The molecule has 0 bridgehead atoms. The number of hydrogen-bond acceptors (Lipinski definition) is 2. The molecule has 4 heteroatoms. The number of carboxylic acids is 2. The summed E-state index contributed by atoms with van der Waals surface area (Å²) in [6.07, 6.45) is 10.2.